The first-order valence-electron chi connectivity index (χ1n) is 12.2. The zero-order valence-electron chi connectivity index (χ0n) is 19.9. The van der Waals surface area contributed by atoms with E-state index in [9.17, 15) is 0 Å². The first kappa shape index (κ1) is 23.7. The van der Waals surface area contributed by atoms with E-state index < -0.39 is 0 Å². The number of hydrogen-bond donors (Lipinski definition) is 1. The fourth-order valence-corrected chi connectivity index (χ4v) is 4.73. The van der Waals surface area contributed by atoms with Crippen molar-refractivity contribution < 1.29 is 9.47 Å². The molecule has 2 aromatic carbocycles. The molecule has 1 N–H and O–H groups in total. The summed E-state index contributed by atoms with van der Waals surface area (Å²) in [6.45, 7) is 10.2. The summed E-state index contributed by atoms with van der Waals surface area (Å²) in [4.78, 5) is 0. The standard InChI is InChI=1S/C28H41NO2/c1-21(2)30-26-14-10-23(11-15-26)20-29-19-18-28(24-8-6-5-7-9-24)25-12-16-27(17-13-25)31-22(3)4/h10-17,21-22,24,28-29H,5-9,18-20H2,1-4H3/t28-/m0/s1. The minimum Gasteiger partial charge on any atom is -0.491 e. The predicted octanol–water partition coefficient (Wildman–Crippen LogP) is 7.10. The molecule has 31 heavy (non-hydrogen) atoms. The van der Waals surface area contributed by atoms with Gasteiger partial charge in [0, 0.05) is 6.54 Å². The maximum absolute atomic E-state index is 5.85. The lowest BCUT2D eigenvalue weighted by Crippen LogP contribution is -2.22. The van der Waals surface area contributed by atoms with Gasteiger partial charge in [0.1, 0.15) is 11.5 Å². The van der Waals surface area contributed by atoms with Crippen molar-refractivity contribution in [1.29, 1.82) is 0 Å². The Kier molecular flexibility index (Phi) is 9.27. The van der Waals surface area contributed by atoms with E-state index in [2.05, 4.69) is 81.5 Å². The Hall–Kier alpha value is -2.00. The van der Waals surface area contributed by atoms with Gasteiger partial charge in [-0.05, 0) is 101 Å². The molecule has 0 saturated heterocycles. The van der Waals surface area contributed by atoms with Gasteiger partial charge in [0.05, 0.1) is 12.2 Å². The molecule has 1 saturated carbocycles. The van der Waals surface area contributed by atoms with Crippen molar-refractivity contribution in [3.63, 3.8) is 0 Å². The average Bonchev–Trinajstić information content (AvgIpc) is 2.75. The maximum atomic E-state index is 5.85. The van der Waals surface area contributed by atoms with Gasteiger partial charge in [-0.2, -0.15) is 0 Å². The maximum Gasteiger partial charge on any atom is 0.119 e. The van der Waals surface area contributed by atoms with Gasteiger partial charge in [-0.15, -0.1) is 0 Å². The zero-order valence-corrected chi connectivity index (χ0v) is 19.9. The molecule has 3 nitrogen and oxygen atoms in total. The second-order valence-electron chi connectivity index (χ2n) is 9.52. The number of nitrogens with one attached hydrogen (secondary N) is 1. The Bertz CT molecular complexity index is 746. The summed E-state index contributed by atoms with van der Waals surface area (Å²) < 4.78 is 11.6. The molecule has 3 rings (SSSR count). The summed E-state index contributed by atoms with van der Waals surface area (Å²) in [5, 5.41) is 3.67. The Morgan fingerprint density at radius 2 is 1.32 bits per heavy atom. The molecule has 2 aromatic rings. The third-order valence-electron chi connectivity index (χ3n) is 6.16. The highest BCUT2D eigenvalue weighted by molar-refractivity contribution is 5.30. The summed E-state index contributed by atoms with van der Waals surface area (Å²) in [5.74, 6) is 3.35. The van der Waals surface area contributed by atoms with Gasteiger partial charge < -0.3 is 14.8 Å². The lowest BCUT2D eigenvalue weighted by atomic mass is 9.75. The van der Waals surface area contributed by atoms with Crippen LogP contribution in [0.25, 0.3) is 0 Å². The summed E-state index contributed by atoms with van der Waals surface area (Å²) in [6.07, 6.45) is 8.52. The van der Waals surface area contributed by atoms with Gasteiger partial charge in [-0.25, -0.2) is 0 Å². The van der Waals surface area contributed by atoms with Crippen molar-refractivity contribution in [1.82, 2.24) is 5.32 Å². The monoisotopic (exact) mass is 423 g/mol. The van der Waals surface area contributed by atoms with E-state index in [0.717, 1.165) is 30.5 Å². The minimum absolute atomic E-state index is 0.215. The number of ether oxygens (including phenoxy) is 2. The Labute approximate surface area is 189 Å². The van der Waals surface area contributed by atoms with Crippen molar-refractivity contribution >= 4 is 0 Å². The molecule has 0 spiro atoms. The fraction of sp³-hybridized carbons (Fsp3) is 0.571. The van der Waals surface area contributed by atoms with Crippen LogP contribution in [-0.4, -0.2) is 18.8 Å². The van der Waals surface area contributed by atoms with E-state index in [1.165, 1.54) is 49.7 Å². The first-order valence-corrected chi connectivity index (χ1v) is 12.2. The van der Waals surface area contributed by atoms with Crippen LogP contribution in [0.5, 0.6) is 11.5 Å². The molecule has 1 aliphatic rings. The molecular weight excluding hydrogens is 382 g/mol. The highest BCUT2D eigenvalue weighted by Crippen LogP contribution is 2.38. The smallest absolute Gasteiger partial charge is 0.119 e. The Morgan fingerprint density at radius 3 is 1.87 bits per heavy atom. The van der Waals surface area contributed by atoms with Gasteiger partial charge in [0.15, 0.2) is 0 Å². The summed E-state index contributed by atoms with van der Waals surface area (Å²) in [6, 6.07) is 17.4. The second-order valence-corrected chi connectivity index (χ2v) is 9.52. The van der Waals surface area contributed by atoms with Gasteiger partial charge in [-0.1, -0.05) is 43.5 Å². The Balaban J connectivity index is 1.55. The van der Waals surface area contributed by atoms with Gasteiger partial charge >= 0.3 is 0 Å². The van der Waals surface area contributed by atoms with Crippen LogP contribution < -0.4 is 14.8 Å². The van der Waals surface area contributed by atoms with Crippen molar-refractivity contribution in [2.45, 2.75) is 90.9 Å². The van der Waals surface area contributed by atoms with Gasteiger partial charge in [-0.3, -0.25) is 0 Å². The first-order chi connectivity index (χ1) is 15.0. The molecule has 1 aliphatic carbocycles. The highest BCUT2D eigenvalue weighted by Gasteiger charge is 2.24. The number of hydrogen-bond acceptors (Lipinski definition) is 3. The van der Waals surface area contributed by atoms with E-state index in [0.29, 0.717) is 5.92 Å². The molecule has 0 aliphatic heterocycles. The van der Waals surface area contributed by atoms with E-state index in [1.54, 1.807) is 0 Å². The van der Waals surface area contributed by atoms with E-state index in [1.807, 2.05) is 0 Å². The topological polar surface area (TPSA) is 30.5 Å². The molecule has 0 aromatic heterocycles. The molecule has 1 fully saturated rings. The lowest BCUT2D eigenvalue weighted by Gasteiger charge is -2.31. The average molecular weight is 424 g/mol. The molecule has 0 radical (unpaired) electrons. The van der Waals surface area contributed by atoms with Crippen LogP contribution in [0.1, 0.15) is 83.3 Å². The predicted molar refractivity (Wildman–Crippen MR) is 130 cm³/mol. The van der Waals surface area contributed by atoms with E-state index >= 15 is 0 Å². The zero-order chi connectivity index (χ0) is 22.1. The van der Waals surface area contributed by atoms with Crippen LogP contribution in [0.2, 0.25) is 0 Å². The minimum atomic E-state index is 0.215. The van der Waals surface area contributed by atoms with E-state index in [-0.39, 0.29) is 12.2 Å². The van der Waals surface area contributed by atoms with Crippen LogP contribution in [0.4, 0.5) is 0 Å². The molecule has 170 valence electrons. The van der Waals surface area contributed by atoms with Crippen LogP contribution in [0.15, 0.2) is 48.5 Å². The normalized spacial score (nSPS) is 15.9. The molecule has 0 amide bonds. The van der Waals surface area contributed by atoms with Crippen molar-refractivity contribution in [2.75, 3.05) is 6.54 Å². The molecule has 3 heteroatoms. The summed E-state index contributed by atoms with van der Waals surface area (Å²) in [5.41, 5.74) is 2.78. The van der Waals surface area contributed by atoms with Crippen molar-refractivity contribution in [2.24, 2.45) is 5.92 Å². The van der Waals surface area contributed by atoms with Crippen molar-refractivity contribution in [3.8, 4) is 11.5 Å². The Morgan fingerprint density at radius 1 is 0.774 bits per heavy atom. The van der Waals surface area contributed by atoms with Crippen LogP contribution in [0.3, 0.4) is 0 Å². The lowest BCUT2D eigenvalue weighted by molar-refractivity contribution is 0.242. The summed E-state index contributed by atoms with van der Waals surface area (Å²) in [7, 11) is 0. The molecule has 0 bridgehead atoms. The third kappa shape index (κ3) is 7.88. The van der Waals surface area contributed by atoms with Crippen LogP contribution >= 0.6 is 0 Å². The molecule has 0 heterocycles. The largest absolute Gasteiger partial charge is 0.491 e. The highest BCUT2D eigenvalue weighted by atomic mass is 16.5. The van der Waals surface area contributed by atoms with Gasteiger partial charge in [0.2, 0.25) is 0 Å². The third-order valence-corrected chi connectivity index (χ3v) is 6.16. The SMILES string of the molecule is CC(C)Oc1ccc(CNCC[C@H](c2ccc(OC(C)C)cc2)C2CCCCC2)cc1. The van der Waals surface area contributed by atoms with E-state index in [4.69, 9.17) is 9.47 Å². The van der Waals surface area contributed by atoms with Gasteiger partial charge in [0.25, 0.3) is 0 Å². The van der Waals surface area contributed by atoms with Crippen LogP contribution in [-0.2, 0) is 6.54 Å². The quantitative estimate of drug-likeness (QED) is 0.391. The van der Waals surface area contributed by atoms with Crippen LogP contribution in [0, 0.1) is 5.92 Å². The second kappa shape index (κ2) is 12.1. The number of rotatable bonds is 11. The molecule has 0 unspecified atom stereocenters. The molecule has 1 atom stereocenters. The number of benzene rings is 2. The summed E-state index contributed by atoms with van der Waals surface area (Å²) >= 11 is 0. The fourth-order valence-electron chi connectivity index (χ4n) is 4.73. The molecular formula is C28H41NO2. The van der Waals surface area contributed by atoms with Crippen molar-refractivity contribution in [3.05, 3.63) is 59.7 Å².